The highest BCUT2D eigenvalue weighted by Gasteiger charge is 2.18. The van der Waals surface area contributed by atoms with Crippen molar-refractivity contribution in [1.29, 1.82) is 0 Å². The minimum Gasteiger partial charge on any atom is -0.341 e. The second-order valence-corrected chi connectivity index (χ2v) is 5.89. The average Bonchev–Trinajstić information content (AvgIpc) is 2.52. The van der Waals surface area contributed by atoms with Gasteiger partial charge in [0.05, 0.1) is 5.69 Å². The van der Waals surface area contributed by atoms with Crippen molar-refractivity contribution in [1.82, 2.24) is 9.97 Å². The fraction of sp³-hybridized carbons (Fsp3) is 0.375. The zero-order chi connectivity index (χ0) is 15.5. The van der Waals surface area contributed by atoms with Gasteiger partial charge in [-0.25, -0.2) is 9.37 Å². The number of aromatic nitrogens is 2. The first-order chi connectivity index (χ1) is 10.6. The average molecular weight is 321 g/mol. The first kappa shape index (κ1) is 15.0. The molecular weight excluding hydrogens is 303 g/mol. The van der Waals surface area contributed by atoms with Crippen LogP contribution in [0.3, 0.4) is 0 Å². The third kappa shape index (κ3) is 3.30. The molecule has 1 aliphatic rings. The molecule has 0 radical (unpaired) electrons. The van der Waals surface area contributed by atoms with E-state index in [2.05, 4.69) is 20.2 Å². The number of nitrogens with one attached hydrogen (secondary N) is 1. The summed E-state index contributed by atoms with van der Waals surface area (Å²) in [6.07, 6.45) is 3.47. The monoisotopic (exact) mass is 320 g/mol. The highest BCUT2D eigenvalue weighted by atomic mass is 35.5. The normalized spacial score (nSPS) is 15.0. The van der Waals surface area contributed by atoms with E-state index in [1.54, 1.807) is 19.1 Å². The molecule has 1 N–H and O–H groups in total. The van der Waals surface area contributed by atoms with Crippen LogP contribution < -0.4 is 10.2 Å². The van der Waals surface area contributed by atoms with Gasteiger partial charge < -0.3 is 10.2 Å². The molecule has 0 aliphatic carbocycles. The van der Waals surface area contributed by atoms with Gasteiger partial charge in [-0.1, -0.05) is 17.7 Å². The Labute approximate surface area is 134 Å². The van der Waals surface area contributed by atoms with Crippen LogP contribution in [0.15, 0.2) is 24.3 Å². The lowest BCUT2D eigenvalue weighted by Crippen LogP contribution is -2.31. The second kappa shape index (κ2) is 6.48. The Hall–Kier alpha value is -1.88. The molecule has 6 heteroatoms. The molecule has 1 fully saturated rings. The van der Waals surface area contributed by atoms with Gasteiger partial charge in [-0.15, -0.1) is 0 Å². The van der Waals surface area contributed by atoms with E-state index in [1.165, 1.54) is 6.42 Å². The van der Waals surface area contributed by atoms with Gasteiger partial charge in [0.25, 0.3) is 0 Å². The van der Waals surface area contributed by atoms with Gasteiger partial charge >= 0.3 is 0 Å². The molecule has 0 spiro atoms. The van der Waals surface area contributed by atoms with Crippen LogP contribution in [0.1, 0.15) is 25.0 Å². The molecule has 1 aromatic heterocycles. The van der Waals surface area contributed by atoms with Gasteiger partial charge in [-0.05, 0) is 44.4 Å². The molecule has 0 saturated carbocycles. The summed E-state index contributed by atoms with van der Waals surface area (Å²) in [4.78, 5) is 10.8. The van der Waals surface area contributed by atoms with Gasteiger partial charge in [0.15, 0.2) is 11.6 Å². The zero-order valence-corrected chi connectivity index (χ0v) is 13.2. The van der Waals surface area contributed by atoms with Crippen molar-refractivity contribution in [3.63, 3.8) is 0 Å². The fourth-order valence-corrected chi connectivity index (χ4v) is 2.76. The maximum atomic E-state index is 14.3. The summed E-state index contributed by atoms with van der Waals surface area (Å²) in [7, 11) is 0. The number of benzene rings is 1. The highest BCUT2D eigenvalue weighted by Crippen LogP contribution is 2.25. The topological polar surface area (TPSA) is 41.1 Å². The van der Waals surface area contributed by atoms with Crippen molar-refractivity contribution in [2.45, 2.75) is 26.2 Å². The van der Waals surface area contributed by atoms with Crippen LogP contribution in [-0.2, 0) is 0 Å². The van der Waals surface area contributed by atoms with Crippen molar-refractivity contribution < 1.29 is 4.39 Å². The van der Waals surface area contributed by atoms with Crippen LogP contribution in [0.4, 0.5) is 21.8 Å². The lowest BCUT2D eigenvalue weighted by atomic mass is 10.1. The summed E-state index contributed by atoms with van der Waals surface area (Å²) in [5.41, 5.74) is 1.05. The Bertz CT molecular complexity index is 671. The Morgan fingerprint density at radius 3 is 2.68 bits per heavy atom. The number of piperidine rings is 1. The van der Waals surface area contributed by atoms with Gasteiger partial charge in [-0.3, -0.25) is 0 Å². The van der Waals surface area contributed by atoms with E-state index in [-0.39, 0.29) is 5.82 Å². The lowest BCUT2D eigenvalue weighted by Gasteiger charge is -2.27. The number of anilines is 3. The molecule has 4 nitrogen and oxygen atoms in total. The second-order valence-electron chi connectivity index (χ2n) is 5.45. The molecule has 22 heavy (non-hydrogen) atoms. The maximum Gasteiger partial charge on any atom is 0.227 e. The molecule has 1 aliphatic heterocycles. The Kier molecular flexibility index (Phi) is 4.43. The van der Waals surface area contributed by atoms with E-state index in [0.29, 0.717) is 22.4 Å². The number of rotatable bonds is 3. The minimum absolute atomic E-state index is 0.190. The van der Waals surface area contributed by atoms with Crippen molar-refractivity contribution in [2.24, 2.45) is 0 Å². The van der Waals surface area contributed by atoms with Gasteiger partial charge in [-0.2, -0.15) is 4.98 Å². The predicted octanol–water partition coefficient (Wildman–Crippen LogP) is 4.31. The molecular formula is C16H18ClFN4. The van der Waals surface area contributed by atoms with Crippen molar-refractivity contribution >= 4 is 29.1 Å². The quantitative estimate of drug-likeness (QED) is 0.915. The van der Waals surface area contributed by atoms with Crippen LogP contribution in [0.25, 0.3) is 0 Å². The summed E-state index contributed by atoms with van der Waals surface area (Å²) >= 11 is 5.96. The number of hydrogen-bond acceptors (Lipinski definition) is 4. The van der Waals surface area contributed by atoms with Gasteiger partial charge in [0.2, 0.25) is 5.95 Å². The summed E-state index contributed by atoms with van der Waals surface area (Å²) in [6.45, 7) is 3.50. The largest absolute Gasteiger partial charge is 0.341 e. The third-order valence-corrected chi connectivity index (χ3v) is 3.97. The molecule has 0 unspecified atom stereocenters. The highest BCUT2D eigenvalue weighted by molar-refractivity contribution is 6.30. The molecule has 2 heterocycles. The number of nitrogens with zero attached hydrogens (tertiary/aromatic N) is 3. The Morgan fingerprint density at radius 1 is 1.18 bits per heavy atom. The summed E-state index contributed by atoms with van der Waals surface area (Å²) in [6, 6.07) is 7.14. The van der Waals surface area contributed by atoms with E-state index in [0.717, 1.165) is 25.9 Å². The molecule has 1 saturated heterocycles. The Balaban J connectivity index is 1.90. The zero-order valence-electron chi connectivity index (χ0n) is 12.4. The summed E-state index contributed by atoms with van der Waals surface area (Å²) in [5.74, 6) is 0.346. The molecule has 2 aromatic rings. The SMILES string of the molecule is Cc1nc(N2CCCCC2)nc(Nc2cccc(Cl)c2)c1F. The third-order valence-electron chi connectivity index (χ3n) is 3.73. The van der Waals surface area contributed by atoms with Crippen LogP contribution >= 0.6 is 11.6 Å². The van der Waals surface area contributed by atoms with E-state index in [9.17, 15) is 4.39 Å². The summed E-state index contributed by atoms with van der Waals surface area (Å²) in [5, 5.41) is 3.59. The van der Waals surface area contributed by atoms with Crippen LogP contribution in [0, 0.1) is 12.7 Å². The van der Waals surface area contributed by atoms with Crippen LogP contribution in [0.5, 0.6) is 0 Å². The van der Waals surface area contributed by atoms with Crippen molar-refractivity contribution in [3.8, 4) is 0 Å². The summed E-state index contributed by atoms with van der Waals surface area (Å²) < 4.78 is 14.3. The van der Waals surface area contributed by atoms with E-state index in [4.69, 9.17) is 11.6 Å². The number of hydrogen-bond donors (Lipinski definition) is 1. The predicted molar refractivity (Wildman–Crippen MR) is 87.5 cm³/mol. The standard InChI is InChI=1S/C16H18ClFN4/c1-11-14(18)15(20-13-7-5-6-12(17)10-13)21-16(19-11)22-8-3-2-4-9-22/h5-7,10H,2-4,8-9H2,1H3,(H,19,20,21). The lowest BCUT2D eigenvalue weighted by molar-refractivity contribution is 0.560. The molecule has 0 atom stereocenters. The van der Waals surface area contributed by atoms with Crippen LogP contribution in [0.2, 0.25) is 5.02 Å². The van der Waals surface area contributed by atoms with Crippen molar-refractivity contribution in [3.05, 3.63) is 40.8 Å². The van der Waals surface area contributed by atoms with Gasteiger partial charge in [0, 0.05) is 23.8 Å². The van der Waals surface area contributed by atoms with E-state index < -0.39 is 5.82 Å². The maximum absolute atomic E-state index is 14.3. The van der Waals surface area contributed by atoms with E-state index >= 15 is 0 Å². The molecule has 0 amide bonds. The molecule has 0 bridgehead atoms. The first-order valence-corrected chi connectivity index (χ1v) is 7.83. The molecule has 1 aromatic carbocycles. The number of halogens is 2. The smallest absolute Gasteiger partial charge is 0.227 e. The minimum atomic E-state index is -0.430. The number of aryl methyl sites for hydroxylation is 1. The van der Waals surface area contributed by atoms with Crippen LogP contribution in [-0.4, -0.2) is 23.1 Å². The molecule has 116 valence electrons. The van der Waals surface area contributed by atoms with Gasteiger partial charge in [0.1, 0.15) is 0 Å². The fourth-order valence-electron chi connectivity index (χ4n) is 2.57. The molecule has 3 rings (SSSR count). The Morgan fingerprint density at radius 2 is 1.95 bits per heavy atom. The van der Waals surface area contributed by atoms with Crippen molar-refractivity contribution in [2.75, 3.05) is 23.3 Å². The first-order valence-electron chi connectivity index (χ1n) is 7.45. The van der Waals surface area contributed by atoms with E-state index in [1.807, 2.05) is 12.1 Å².